The fourth-order valence-corrected chi connectivity index (χ4v) is 2.55. The predicted octanol–water partition coefficient (Wildman–Crippen LogP) is 2.69. The van der Waals surface area contributed by atoms with E-state index in [9.17, 15) is 9.18 Å². The molecule has 0 bridgehead atoms. The topological polar surface area (TPSA) is 50.2 Å². The molecule has 1 aromatic heterocycles. The van der Waals surface area contributed by atoms with Crippen LogP contribution in [0, 0.1) is 5.82 Å². The SMILES string of the molecule is O=C(O)Cc1cnc(CCc2cccc(F)c2)s1. The summed E-state index contributed by atoms with van der Waals surface area (Å²) in [5.74, 6) is -1.09. The van der Waals surface area contributed by atoms with Crippen molar-refractivity contribution in [2.24, 2.45) is 0 Å². The summed E-state index contributed by atoms with van der Waals surface area (Å²) in [4.78, 5) is 15.4. The first-order valence-corrected chi connectivity index (χ1v) is 6.35. The van der Waals surface area contributed by atoms with Crippen molar-refractivity contribution in [2.45, 2.75) is 19.3 Å². The summed E-state index contributed by atoms with van der Waals surface area (Å²) in [5, 5.41) is 9.54. The molecule has 0 amide bonds. The zero-order chi connectivity index (χ0) is 13.0. The molecule has 0 atom stereocenters. The summed E-state index contributed by atoms with van der Waals surface area (Å²) >= 11 is 1.40. The van der Waals surface area contributed by atoms with Crippen LogP contribution < -0.4 is 0 Å². The number of rotatable bonds is 5. The van der Waals surface area contributed by atoms with Crippen molar-refractivity contribution < 1.29 is 14.3 Å². The van der Waals surface area contributed by atoms with Gasteiger partial charge in [-0.15, -0.1) is 11.3 Å². The van der Waals surface area contributed by atoms with Crippen molar-refractivity contribution in [3.63, 3.8) is 0 Å². The number of carboxylic acid groups (broad SMARTS) is 1. The van der Waals surface area contributed by atoms with E-state index in [1.54, 1.807) is 12.3 Å². The zero-order valence-electron chi connectivity index (χ0n) is 9.60. The molecule has 0 aliphatic heterocycles. The average molecular weight is 265 g/mol. The summed E-state index contributed by atoms with van der Waals surface area (Å²) < 4.78 is 13.0. The van der Waals surface area contributed by atoms with Gasteiger partial charge < -0.3 is 5.11 Å². The highest BCUT2D eigenvalue weighted by Crippen LogP contribution is 2.16. The summed E-state index contributed by atoms with van der Waals surface area (Å²) in [6.45, 7) is 0. The van der Waals surface area contributed by atoms with E-state index in [1.807, 2.05) is 6.07 Å². The molecule has 1 heterocycles. The molecule has 2 aromatic rings. The second kappa shape index (κ2) is 5.73. The molecule has 0 saturated carbocycles. The van der Waals surface area contributed by atoms with Gasteiger partial charge in [0.1, 0.15) is 5.82 Å². The molecule has 5 heteroatoms. The van der Waals surface area contributed by atoms with E-state index in [2.05, 4.69) is 4.98 Å². The van der Waals surface area contributed by atoms with Crippen LogP contribution in [0.1, 0.15) is 15.4 Å². The molecule has 0 spiro atoms. The van der Waals surface area contributed by atoms with Crippen molar-refractivity contribution in [1.29, 1.82) is 0 Å². The highest BCUT2D eigenvalue weighted by atomic mass is 32.1. The van der Waals surface area contributed by atoms with Crippen LogP contribution in [-0.4, -0.2) is 16.1 Å². The van der Waals surface area contributed by atoms with E-state index < -0.39 is 5.97 Å². The van der Waals surface area contributed by atoms with Crippen LogP contribution in [0.4, 0.5) is 4.39 Å². The Morgan fingerprint density at radius 2 is 2.22 bits per heavy atom. The fourth-order valence-electron chi connectivity index (χ4n) is 1.64. The second-order valence-corrected chi connectivity index (χ2v) is 5.12. The maximum atomic E-state index is 13.0. The van der Waals surface area contributed by atoms with Crippen LogP contribution in [0.15, 0.2) is 30.5 Å². The summed E-state index contributed by atoms with van der Waals surface area (Å²) in [5.41, 5.74) is 0.921. The van der Waals surface area contributed by atoms with Gasteiger partial charge in [-0.1, -0.05) is 12.1 Å². The molecule has 0 fully saturated rings. The van der Waals surface area contributed by atoms with E-state index in [1.165, 1.54) is 23.5 Å². The molecule has 1 aromatic carbocycles. The monoisotopic (exact) mass is 265 g/mol. The van der Waals surface area contributed by atoms with Gasteiger partial charge in [-0.25, -0.2) is 9.37 Å². The van der Waals surface area contributed by atoms with Crippen molar-refractivity contribution in [3.8, 4) is 0 Å². The van der Waals surface area contributed by atoms with Crippen LogP contribution in [0.2, 0.25) is 0 Å². The minimum Gasteiger partial charge on any atom is -0.481 e. The lowest BCUT2D eigenvalue weighted by atomic mass is 10.1. The number of aliphatic carboxylic acids is 1. The number of aromatic nitrogens is 1. The summed E-state index contributed by atoms with van der Waals surface area (Å²) in [7, 11) is 0. The van der Waals surface area contributed by atoms with Gasteiger partial charge in [-0.3, -0.25) is 4.79 Å². The average Bonchev–Trinajstić information content (AvgIpc) is 2.73. The number of thiazole rings is 1. The van der Waals surface area contributed by atoms with Gasteiger partial charge in [-0.05, 0) is 24.1 Å². The lowest BCUT2D eigenvalue weighted by Gasteiger charge is -1.98. The van der Waals surface area contributed by atoms with Crippen LogP contribution in [0.3, 0.4) is 0 Å². The molecule has 0 aliphatic carbocycles. The maximum absolute atomic E-state index is 13.0. The fraction of sp³-hybridized carbons (Fsp3) is 0.231. The third-order valence-corrected chi connectivity index (χ3v) is 3.50. The van der Waals surface area contributed by atoms with Gasteiger partial charge in [0, 0.05) is 17.5 Å². The molecule has 0 saturated heterocycles. The smallest absolute Gasteiger partial charge is 0.308 e. The van der Waals surface area contributed by atoms with Crippen molar-refractivity contribution in [3.05, 3.63) is 51.7 Å². The van der Waals surface area contributed by atoms with E-state index in [-0.39, 0.29) is 12.2 Å². The Labute approximate surface area is 108 Å². The molecule has 0 radical (unpaired) electrons. The molecule has 1 N–H and O–H groups in total. The first-order chi connectivity index (χ1) is 8.63. The van der Waals surface area contributed by atoms with E-state index in [4.69, 9.17) is 5.11 Å². The molecule has 0 unspecified atom stereocenters. The number of halogens is 1. The second-order valence-electron chi connectivity index (χ2n) is 3.92. The van der Waals surface area contributed by atoms with Crippen molar-refractivity contribution >= 4 is 17.3 Å². The number of benzene rings is 1. The Hall–Kier alpha value is -1.75. The van der Waals surface area contributed by atoms with Crippen molar-refractivity contribution in [2.75, 3.05) is 0 Å². The third kappa shape index (κ3) is 3.63. The number of nitrogens with zero attached hydrogens (tertiary/aromatic N) is 1. The maximum Gasteiger partial charge on any atom is 0.308 e. The Balaban J connectivity index is 1.94. The molecule has 0 aliphatic rings. The van der Waals surface area contributed by atoms with E-state index in [0.29, 0.717) is 12.8 Å². The number of carboxylic acids is 1. The highest BCUT2D eigenvalue weighted by molar-refractivity contribution is 7.11. The lowest BCUT2D eigenvalue weighted by Crippen LogP contribution is -1.97. The minimum atomic E-state index is -0.852. The Morgan fingerprint density at radius 1 is 1.39 bits per heavy atom. The lowest BCUT2D eigenvalue weighted by molar-refractivity contribution is -0.136. The molecule has 2 rings (SSSR count). The first kappa shape index (κ1) is 12.7. The molecule has 3 nitrogen and oxygen atoms in total. The zero-order valence-corrected chi connectivity index (χ0v) is 10.4. The third-order valence-electron chi connectivity index (χ3n) is 2.44. The number of aryl methyl sites for hydroxylation is 2. The highest BCUT2D eigenvalue weighted by Gasteiger charge is 2.06. The van der Waals surface area contributed by atoms with E-state index in [0.717, 1.165) is 15.4 Å². The van der Waals surface area contributed by atoms with Gasteiger partial charge in [0.15, 0.2) is 0 Å². The predicted molar refractivity (Wildman–Crippen MR) is 67.3 cm³/mol. The molecular weight excluding hydrogens is 253 g/mol. The summed E-state index contributed by atoms with van der Waals surface area (Å²) in [6.07, 6.45) is 3.02. The normalized spacial score (nSPS) is 10.5. The van der Waals surface area contributed by atoms with Gasteiger partial charge in [0.2, 0.25) is 0 Å². The van der Waals surface area contributed by atoms with Gasteiger partial charge in [-0.2, -0.15) is 0 Å². The van der Waals surface area contributed by atoms with Crippen LogP contribution in [0.25, 0.3) is 0 Å². The number of hydrogen-bond donors (Lipinski definition) is 1. The molecular formula is C13H12FNO2S. The Morgan fingerprint density at radius 3 is 2.94 bits per heavy atom. The Bertz CT molecular complexity index is 553. The van der Waals surface area contributed by atoms with Gasteiger partial charge in [0.25, 0.3) is 0 Å². The number of carbonyl (C=O) groups is 1. The first-order valence-electron chi connectivity index (χ1n) is 5.53. The summed E-state index contributed by atoms with van der Waals surface area (Å²) in [6, 6.07) is 6.47. The minimum absolute atomic E-state index is 0.0115. The van der Waals surface area contributed by atoms with Crippen LogP contribution >= 0.6 is 11.3 Å². The Kier molecular flexibility index (Phi) is 4.04. The number of hydrogen-bond acceptors (Lipinski definition) is 3. The van der Waals surface area contributed by atoms with E-state index >= 15 is 0 Å². The van der Waals surface area contributed by atoms with Crippen LogP contribution in [0.5, 0.6) is 0 Å². The van der Waals surface area contributed by atoms with Gasteiger partial charge >= 0.3 is 5.97 Å². The molecule has 18 heavy (non-hydrogen) atoms. The van der Waals surface area contributed by atoms with Gasteiger partial charge in [0.05, 0.1) is 11.4 Å². The van der Waals surface area contributed by atoms with Crippen molar-refractivity contribution in [1.82, 2.24) is 4.98 Å². The quantitative estimate of drug-likeness (QED) is 0.904. The largest absolute Gasteiger partial charge is 0.481 e. The molecule has 94 valence electrons. The standard InChI is InChI=1S/C13H12FNO2S/c14-10-3-1-2-9(6-10)4-5-12-15-8-11(18-12)7-13(16)17/h1-3,6,8H,4-5,7H2,(H,16,17). The van der Waals surface area contributed by atoms with Crippen LogP contribution in [-0.2, 0) is 24.1 Å².